The fourth-order valence-corrected chi connectivity index (χ4v) is 3.64. The van der Waals surface area contributed by atoms with Crippen molar-refractivity contribution in [3.8, 4) is 0 Å². The molecule has 0 aromatic heterocycles. The average Bonchev–Trinajstić information content (AvgIpc) is 3.17. The van der Waals surface area contributed by atoms with E-state index in [0.717, 1.165) is 27.4 Å². The van der Waals surface area contributed by atoms with Crippen molar-refractivity contribution >= 4 is 27.5 Å². The zero-order chi connectivity index (χ0) is 12.7. The monoisotopic (exact) mass is 327 g/mol. The zero-order valence-electron chi connectivity index (χ0n) is 10.6. The Labute approximate surface area is 122 Å². The minimum absolute atomic E-state index is 0.344. The van der Waals surface area contributed by atoms with Gasteiger partial charge in [0.15, 0.2) is 0 Å². The number of nitrogens with one attached hydrogen (secondary N) is 1. The molecule has 2 saturated carbocycles. The summed E-state index contributed by atoms with van der Waals surface area (Å²) in [6.45, 7) is 2.23. The van der Waals surface area contributed by atoms with Crippen molar-refractivity contribution in [1.82, 2.24) is 5.32 Å². The molecule has 1 unspecified atom stereocenters. The first-order valence-electron chi connectivity index (χ1n) is 6.86. The maximum absolute atomic E-state index is 6.33. The van der Waals surface area contributed by atoms with Gasteiger partial charge in [0.05, 0.1) is 0 Å². The van der Waals surface area contributed by atoms with Crippen LogP contribution in [0.2, 0.25) is 5.02 Å². The largest absolute Gasteiger partial charge is 0.307 e. The van der Waals surface area contributed by atoms with Crippen LogP contribution in [0, 0.1) is 11.8 Å². The van der Waals surface area contributed by atoms with Gasteiger partial charge in [-0.15, -0.1) is 0 Å². The van der Waals surface area contributed by atoms with Crippen molar-refractivity contribution in [2.24, 2.45) is 11.8 Å². The molecular weight excluding hydrogens is 310 g/mol. The molecule has 18 heavy (non-hydrogen) atoms. The highest BCUT2D eigenvalue weighted by molar-refractivity contribution is 9.10. The molecule has 2 aliphatic rings. The lowest BCUT2D eigenvalue weighted by atomic mass is 10.0. The Bertz CT molecular complexity index is 428. The van der Waals surface area contributed by atoms with Gasteiger partial charge in [0.2, 0.25) is 0 Å². The molecule has 0 aliphatic heterocycles. The van der Waals surface area contributed by atoms with Crippen molar-refractivity contribution < 1.29 is 0 Å². The predicted molar refractivity (Wildman–Crippen MR) is 79.9 cm³/mol. The smallest absolute Gasteiger partial charge is 0.0464 e. The highest BCUT2D eigenvalue weighted by Crippen LogP contribution is 2.45. The van der Waals surface area contributed by atoms with E-state index >= 15 is 0 Å². The van der Waals surface area contributed by atoms with Crippen molar-refractivity contribution in [2.75, 3.05) is 0 Å². The van der Waals surface area contributed by atoms with Crippen LogP contribution in [0.5, 0.6) is 0 Å². The van der Waals surface area contributed by atoms with Crippen LogP contribution in [0.15, 0.2) is 22.7 Å². The molecule has 1 nitrogen and oxygen atoms in total. The lowest BCUT2D eigenvalue weighted by molar-refractivity contribution is 0.377. The second kappa shape index (κ2) is 5.15. The number of hydrogen-bond acceptors (Lipinski definition) is 1. The number of halogens is 2. The van der Waals surface area contributed by atoms with Gasteiger partial charge in [-0.2, -0.15) is 0 Å². The summed E-state index contributed by atoms with van der Waals surface area (Å²) in [5.41, 5.74) is 1.21. The third kappa shape index (κ3) is 2.92. The number of benzene rings is 1. The van der Waals surface area contributed by atoms with Crippen molar-refractivity contribution in [1.29, 1.82) is 0 Å². The molecule has 1 N–H and O–H groups in total. The minimum Gasteiger partial charge on any atom is -0.307 e. The van der Waals surface area contributed by atoms with E-state index in [0.29, 0.717) is 6.04 Å². The average molecular weight is 329 g/mol. The summed E-state index contributed by atoms with van der Waals surface area (Å²) in [7, 11) is 0. The van der Waals surface area contributed by atoms with E-state index < -0.39 is 0 Å². The quantitative estimate of drug-likeness (QED) is 0.807. The summed E-state index contributed by atoms with van der Waals surface area (Å²) in [5.74, 6) is 1.85. The lowest BCUT2D eigenvalue weighted by Gasteiger charge is -2.24. The standard InChI is InChI=1S/C15H19BrClN/c1-9(13-7-6-12(16)8-14(13)17)18-15(10-2-3-10)11-4-5-11/h6-11,15,18H,2-5H2,1H3. The maximum atomic E-state index is 6.33. The zero-order valence-corrected chi connectivity index (χ0v) is 13.0. The topological polar surface area (TPSA) is 12.0 Å². The minimum atomic E-state index is 0.344. The van der Waals surface area contributed by atoms with Gasteiger partial charge in [0.1, 0.15) is 0 Å². The predicted octanol–water partition coefficient (Wildman–Crippen LogP) is 4.94. The Morgan fingerprint density at radius 3 is 2.33 bits per heavy atom. The highest BCUT2D eigenvalue weighted by Gasteiger charge is 2.41. The first-order chi connectivity index (χ1) is 8.65. The van der Waals surface area contributed by atoms with Gasteiger partial charge in [-0.05, 0) is 62.1 Å². The molecule has 0 saturated heterocycles. The van der Waals surface area contributed by atoms with E-state index in [4.69, 9.17) is 11.6 Å². The van der Waals surface area contributed by atoms with Crippen LogP contribution in [0.4, 0.5) is 0 Å². The Balaban J connectivity index is 1.70. The lowest BCUT2D eigenvalue weighted by Crippen LogP contribution is -2.35. The molecule has 0 heterocycles. The van der Waals surface area contributed by atoms with E-state index in [2.05, 4.69) is 40.3 Å². The van der Waals surface area contributed by atoms with Crippen molar-refractivity contribution in [3.63, 3.8) is 0 Å². The first-order valence-corrected chi connectivity index (χ1v) is 8.03. The molecular formula is C15H19BrClN. The molecule has 1 atom stereocenters. The molecule has 2 fully saturated rings. The fraction of sp³-hybridized carbons (Fsp3) is 0.600. The molecule has 1 aromatic rings. The van der Waals surface area contributed by atoms with Crippen LogP contribution in [0.3, 0.4) is 0 Å². The Hall–Kier alpha value is -0.0500. The fourth-order valence-electron chi connectivity index (χ4n) is 2.80. The molecule has 3 heteroatoms. The van der Waals surface area contributed by atoms with Gasteiger partial charge >= 0.3 is 0 Å². The Morgan fingerprint density at radius 1 is 1.22 bits per heavy atom. The van der Waals surface area contributed by atoms with Crippen LogP contribution in [-0.2, 0) is 0 Å². The van der Waals surface area contributed by atoms with Gasteiger partial charge in [0.25, 0.3) is 0 Å². The molecule has 98 valence electrons. The van der Waals surface area contributed by atoms with Crippen LogP contribution in [0.1, 0.15) is 44.2 Å². The number of rotatable bonds is 5. The van der Waals surface area contributed by atoms with E-state index in [9.17, 15) is 0 Å². The van der Waals surface area contributed by atoms with Gasteiger partial charge in [-0.25, -0.2) is 0 Å². The second-order valence-corrected chi connectivity index (χ2v) is 7.08. The Morgan fingerprint density at radius 2 is 1.83 bits per heavy atom. The van der Waals surface area contributed by atoms with Crippen LogP contribution < -0.4 is 5.32 Å². The molecule has 0 bridgehead atoms. The number of hydrogen-bond donors (Lipinski definition) is 1. The van der Waals surface area contributed by atoms with Gasteiger partial charge in [0, 0.05) is 21.6 Å². The van der Waals surface area contributed by atoms with Gasteiger partial charge in [-0.1, -0.05) is 33.6 Å². The summed E-state index contributed by atoms with van der Waals surface area (Å²) >= 11 is 9.79. The summed E-state index contributed by atoms with van der Waals surface area (Å²) in [6, 6.07) is 7.25. The molecule has 3 rings (SSSR count). The molecule has 0 amide bonds. The summed E-state index contributed by atoms with van der Waals surface area (Å²) in [4.78, 5) is 0. The van der Waals surface area contributed by atoms with Crippen molar-refractivity contribution in [2.45, 2.75) is 44.7 Å². The SMILES string of the molecule is CC(NC(C1CC1)C1CC1)c1ccc(Br)cc1Cl. The van der Waals surface area contributed by atoms with Gasteiger partial charge < -0.3 is 5.32 Å². The molecule has 2 aliphatic carbocycles. The summed E-state index contributed by atoms with van der Waals surface area (Å²) in [5, 5.41) is 4.67. The Kier molecular flexibility index (Phi) is 3.70. The summed E-state index contributed by atoms with van der Waals surface area (Å²) in [6.07, 6.45) is 5.65. The van der Waals surface area contributed by atoms with E-state index in [1.807, 2.05) is 6.07 Å². The van der Waals surface area contributed by atoms with Crippen LogP contribution in [0.25, 0.3) is 0 Å². The van der Waals surface area contributed by atoms with E-state index in [-0.39, 0.29) is 0 Å². The molecule has 0 spiro atoms. The normalized spacial score (nSPS) is 21.3. The third-order valence-electron chi connectivity index (χ3n) is 4.13. The maximum Gasteiger partial charge on any atom is 0.0464 e. The second-order valence-electron chi connectivity index (χ2n) is 5.75. The van der Waals surface area contributed by atoms with Crippen LogP contribution in [-0.4, -0.2) is 6.04 Å². The van der Waals surface area contributed by atoms with Gasteiger partial charge in [-0.3, -0.25) is 0 Å². The highest BCUT2D eigenvalue weighted by atomic mass is 79.9. The van der Waals surface area contributed by atoms with Crippen LogP contribution >= 0.6 is 27.5 Å². The first kappa shape index (κ1) is 13.0. The molecule has 0 radical (unpaired) electrons. The summed E-state index contributed by atoms with van der Waals surface area (Å²) < 4.78 is 1.05. The third-order valence-corrected chi connectivity index (χ3v) is 4.95. The van der Waals surface area contributed by atoms with Crippen molar-refractivity contribution in [3.05, 3.63) is 33.3 Å². The molecule has 1 aromatic carbocycles. The van der Waals surface area contributed by atoms with E-state index in [1.54, 1.807) is 0 Å². The van der Waals surface area contributed by atoms with E-state index in [1.165, 1.54) is 31.2 Å².